The summed E-state index contributed by atoms with van der Waals surface area (Å²) in [6.45, 7) is 1.86. The van der Waals surface area contributed by atoms with Crippen LogP contribution in [0.2, 0.25) is 5.02 Å². The fraction of sp³-hybridized carbons (Fsp3) is 0.0870. The lowest BCUT2D eigenvalue weighted by Gasteiger charge is -2.26. The molecule has 144 valence electrons. The van der Waals surface area contributed by atoms with E-state index in [2.05, 4.69) is 4.98 Å². The molecule has 1 fully saturated rings. The number of halogens is 1. The molecule has 1 aliphatic rings. The number of hydrogen-bond donors (Lipinski definition) is 1. The predicted molar refractivity (Wildman–Crippen MR) is 112 cm³/mol. The molecule has 1 atom stereocenters. The number of Topliss-reactive ketones (excluding diaryl/α,β-unsaturated/α-hetero) is 1. The number of nitrogens with zero attached hydrogens (tertiary/aromatic N) is 2. The van der Waals surface area contributed by atoms with Crippen molar-refractivity contribution >= 4 is 34.7 Å². The van der Waals surface area contributed by atoms with E-state index >= 15 is 0 Å². The van der Waals surface area contributed by atoms with Crippen LogP contribution >= 0.6 is 11.6 Å². The third-order valence-corrected chi connectivity index (χ3v) is 5.12. The van der Waals surface area contributed by atoms with E-state index in [0.717, 1.165) is 5.56 Å². The number of carbonyl (C=O) groups is 2. The number of carbonyl (C=O) groups excluding carboxylic acids is 2. The molecule has 0 bridgehead atoms. The van der Waals surface area contributed by atoms with Crippen molar-refractivity contribution in [1.29, 1.82) is 0 Å². The number of amides is 1. The van der Waals surface area contributed by atoms with E-state index in [-0.39, 0.29) is 11.3 Å². The Morgan fingerprint density at radius 3 is 2.48 bits per heavy atom. The maximum absolute atomic E-state index is 13.0. The van der Waals surface area contributed by atoms with Gasteiger partial charge in [0.15, 0.2) is 0 Å². The molecule has 1 saturated heterocycles. The Balaban J connectivity index is 1.97. The van der Waals surface area contributed by atoms with Crippen LogP contribution in [0.5, 0.6) is 0 Å². The van der Waals surface area contributed by atoms with Crippen LogP contribution in [-0.4, -0.2) is 21.8 Å². The molecular formula is C23H17ClN2O3. The molecule has 0 saturated carbocycles. The van der Waals surface area contributed by atoms with Crippen LogP contribution in [-0.2, 0) is 9.59 Å². The fourth-order valence-electron chi connectivity index (χ4n) is 3.52. The van der Waals surface area contributed by atoms with E-state index in [9.17, 15) is 14.7 Å². The van der Waals surface area contributed by atoms with Crippen LogP contribution in [0.1, 0.15) is 22.9 Å². The third-order valence-electron chi connectivity index (χ3n) is 4.89. The molecule has 5 nitrogen and oxygen atoms in total. The summed E-state index contributed by atoms with van der Waals surface area (Å²) in [4.78, 5) is 31.8. The highest BCUT2D eigenvalue weighted by Crippen LogP contribution is 2.42. The summed E-state index contributed by atoms with van der Waals surface area (Å²) >= 11 is 6.05. The van der Waals surface area contributed by atoms with E-state index in [4.69, 9.17) is 11.6 Å². The van der Waals surface area contributed by atoms with Crippen molar-refractivity contribution in [3.63, 3.8) is 0 Å². The lowest BCUT2D eigenvalue weighted by atomic mass is 9.98. The molecule has 3 aromatic rings. The first-order valence-corrected chi connectivity index (χ1v) is 9.40. The molecular weight excluding hydrogens is 388 g/mol. The molecule has 29 heavy (non-hydrogen) atoms. The second kappa shape index (κ2) is 7.53. The maximum atomic E-state index is 13.0. The lowest BCUT2D eigenvalue weighted by molar-refractivity contribution is -0.132. The van der Waals surface area contributed by atoms with Gasteiger partial charge in [0.05, 0.1) is 11.3 Å². The van der Waals surface area contributed by atoms with Gasteiger partial charge in [0, 0.05) is 22.5 Å². The molecule has 0 spiro atoms. The molecule has 1 N–H and O–H groups in total. The first kappa shape index (κ1) is 18.9. The standard InChI is InChI=1S/C23H17ClN2O3/c1-14-7-2-3-11-18(14)26-20(17-10-4-5-12-25-17)19(22(28)23(26)29)21(27)15-8-6-9-16(24)13-15/h2-13,20,27H,1H3/b21-19-. The summed E-state index contributed by atoms with van der Waals surface area (Å²) in [6, 6.07) is 18.2. The SMILES string of the molecule is Cc1ccccc1N1C(=O)C(=O)/C(=C(\O)c2cccc(Cl)c2)C1c1ccccn1. The minimum atomic E-state index is -0.851. The van der Waals surface area contributed by atoms with Gasteiger partial charge in [-0.15, -0.1) is 0 Å². The zero-order valence-electron chi connectivity index (χ0n) is 15.5. The number of aryl methyl sites for hydroxylation is 1. The Kier molecular flexibility index (Phi) is 4.91. The van der Waals surface area contributed by atoms with Crippen molar-refractivity contribution in [2.75, 3.05) is 4.90 Å². The normalized spacial score (nSPS) is 18.3. The second-order valence-corrected chi connectivity index (χ2v) is 7.16. The van der Waals surface area contributed by atoms with Gasteiger partial charge < -0.3 is 5.11 Å². The molecule has 1 unspecified atom stereocenters. The Labute approximate surface area is 172 Å². The molecule has 2 aromatic carbocycles. The van der Waals surface area contributed by atoms with Gasteiger partial charge >= 0.3 is 0 Å². The summed E-state index contributed by atoms with van der Waals surface area (Å²) in [6.07, 6.45) is 1.59. The molecule has 1 amide bonds. The molecule has 1 aromatic heterocycles. The van der Waals surface area contributed by atoms with Gasteiger partial charge in [-0.1, -0.05) is 48.0 Å². The smallest absolute Gasteiger partial charge is 0.300 e. The largest absolute Gasteiger partial charge is 0.507 e. The Bertz CT molecular complexity index is 1140. The number of ketones is 1. The molecule has 6 heteroatoms. The van der Waals surface area contributed by atoms with Crippen LogP contribution < -0.4 is 4.90 Å². The van der Waals surface area contributed by atoms with Crippen molar-refractivity contribution in [3.8, 4) is 0 Å². The monoisotopic (exact) mass is 404 g/mol. The number of para-hydroxylation sites is 1. The van der Waals surface area contributed by atoms with Gasteiger partial charge in [0.25, 0.3) is 11.7 Å². The van der Waals surface area contributed by atoms with Crippen molar-refractivity contribution in [2.45, 2.75) is 13.0 Å². The number of aromatic nitrogens is 1. The average molecular weight is 405 g/mol. The number of rotatable bonds is 3. The van der Waals surface area contributed by atoms with Crippen molar-refractivity contribution in [1.82, 2.24) is 4.98 Å². The van der Waals surface area contributed by atoms with E-state index < -0.39 is 17.7 Å². The predicted octanol–water partition coefficient (Wildman–Crippen LogP) is 4.67. The number of anilines is 1. The molecule has 1 aliphatic heterocycles. The van der Waals surface area contributed by atoms with E-state index in [1.54, 1.807) is 60.8 Å². The van der Waals surface area contributed by atoms with Crippen LogP contribution in [0.15, 0.2) is 78.5 Å². The van der Waals surface area contributed by atoms with Gasteiger partial charge in [-0.25, -0.2) is 0 Å². The zero-order chi connectivity index (χ0) is 20.5. The third kappa shape index (κ3) is 3.30. The summed E-state index contributed by atoms with van der Waals surface area (Å²) in [5.41, 5.74) is 2.26. The highest BCUT2D eigenvalue weighted by atomic mass is 35.5. The van der Waals surface area contributed by atoms with Crippen LogP contribution in [0.25, 0.3) is 5.76 Å². The van der Waals surface area contributed by atoms with Crippen molar-refractivity contribution in [2.24, 2.45) is 0 Å². The van der Waals surface area contributed by atoms with Crippen LogP contribution in [0.4, 0.5) is 5.69 Å². The lowest BCUT2D eigenvalue weighted by Crippen LogP contribution is -2.30. The topological polar surface area (TPSA) is 70.5 Å². The van der Waals surface area contributed by atoms with Crippen LogP contribution in [0, 0.1) is 6.92 Å². The molecule has 0 radical (unpaired) electrons. The van der Waals surface area contributed by atoms with E-state index in [1.165, 1.54) is 4.90 Å². The number of aliphatic hydroxyl groups is 1. The van der Waals surface area contributed by atoms with Gasteiger partial charge in [-0.2, -0.15) is 0 Å². The van der Waals surface area contributed by atoms with Gasteiger partial charge in [0.2, 0.25) is 0 Å². The molecule has 0 aliphatic carbocycles. The Morgan fingerprint density at radius 2 is 1.79 bits per heavy atom. The summed E-state index contributed by atoms with van der Waals surface area (Å²) < 4.78 is 0. The Morgan fingerprint density at radius 1 is 1.03 bits per heavy atom. The summed E-state index contributed by atoms with van der Waals surface area (Å²) in [5.74, 6) is -1.75. The minimum Gasteiger partial charge on any atom is -0.507 e. The number of hydrogen-bond acceptors (Lipinski definition) is 4. The maximum Gasteiger partial charge on any atom is 0.300 e. The van der Waals surface area contributed by atoms with Gasteiger partial charge in [-0.3, -0.25) is 19.5 Å². The van der Waals surface area contributed by atoms with Crippen molar-refractivity contribution in [3.05, 3.63) is 100 Å². The van der Waals surface area contributed by atoms with Crippen molar-refractivity contribution < 1.29 is 14.7 Å². The highest BCUT2D eigenvalue weighted by Gasteiger charge is 2.47. The Hall–Kier alpha value is -3.44. The number of benzene rings is 2. The number of aliphatic hydroxyl groups excluding tert-OH is 1. The van der Waals surface area contributed by atoms with Gasteiger partial charge in [-0.05, 0) is 42.8 Å². The quantitative estimate of drug-likeness (QED) is 0.391. The molecule has 2 heterocycles. The second-order valence-electron chi connectivity index (χ2n) is 6.72. The highest BCUT2D eigenvalue weighted by molar-refractivity contribution is 6.51. The zero-order valence-corrected chi connectivity index (χ0v) is 16.3. The minimum absolute atomic E-state index is 0.0146. The van der Waals surface area contributed by atoms with E-state index in [1.807, 2.05) is 19.1 Å². The summed E-state index contributed by atoms with van der Waals surface area (Å²) in [7, 11) is 0. The van der Waals surface area contributed by atoms with Gasteiger partial charge in [0.1, 0.15) is 11.8 Å². The summed E-state index contributed by atoms with van der Waals surface area (Å²) in [5, 5.41) is 11.4. The number of pyridine rings is 1. The fourth-order valence-corrected chi connectivity index (χ4v) is 3.71. The first-order chi connectivity index (χ1) is 14.0. The van der Waals surface area contributed by atoms with E-state index in [0.29, 0.717) is 22.0 Å². The first-order valence-electron chi connectivity index (χ1n) is 9.02. The molecule has 4 rings (SSSR count). The van der Waals surface area contributed by atoms with Crippen LogP contribution in [0.3, 0.4) is 0 Å². The average Bonchev–Trinajstić information content (AvgIpc) is 2.99.